The minimum atomic E-state index is -3.59. The summed E-state index contributed by atoms with van der Waals surface area (Å²) in [6.45, 7) is 4.31. The number of nitrogens with zero attached hydrogens (tertiary/aromatic N) is 7. The molecule has 1 unspecified atom stereocenters. The van der Waals surface area contributed by atoms with Crippen LogP contribution >= 0.6 is 0 Å². The number of fused-ring (bicyclic) bond motifs is 2. The van der Waals surface area contributed by atoms with E-state index in [9.17, 15) is 42.3 Å². The van der Waals surface area contributed by atoms with Gasteiger partial charge in [-0.2, -0.15) is 4.98 Å². The van der Waals surface area contributed by atoms with E-state index >= 15 is 4.39 Å². The minimum Gasteiger partial charge on any atom is -0.388 e. The highest BCUT2D eigenvalue weighted by Crippen LogP contribution is 2.48. The SMILES string of the molecule is C[C@@]1(O)CCC[C@H]1n1c(=O)ccc2cnc(NC3CCN(S(=O)(=O)C4CCN(C(=O)C5CCC6(CC5)CCN(c5cc7c(cc5F)C(=O)N(C5CCC(=O)NC5=O)C7=O)CC6)CC4)CC3)nc21. The van der Waals surface area contributed by atoms with Gasteiger partial charge in [-0.15, -0.1) is 0 Å². The van der Waals surface area contributed by atoms with Crippen LogP contribution in [0.2, 0.25) is 0 Å². The van der Waals surface area contributed by atoms with Gasteiger partial charge in [0.25, 0.3) is 17.4 Å². The summed E-state index contributed by atoms with van der Waals surface area (Å²) in [6.07, 6.45) is 10.4. The number of imide groups is 2. The van der Waals surface area contributed by atoms with Gasteiger partial charge in [0.1, 0.15) is 17.5 Å². The zero-order valence-electron chi connectivity index (χ0n) is 37.8. The molecule has 3 aromatic rings. The topological polar surface area (TPSA) is 225 Å². The molecule has 7 aliphatic rings. The van der Waals surface area contributed by atoms with Crippen LogP contribution in [0.25, 0.3) is 11.0 Å². The van der Waals surface area contributed by atoms with E-state index in [1.54, 1.807) is 28.1 Å². The number of carbonyl (C=O) groups excluding carboxylic acids is 5. The molecule has 3 atom stereocenters. The molecule has 2 aromatic heterocycles. The number of sulfonamides is 1. The summed E-state index contributed by atoms with van der Waals surface area (Å²) < 4.78 is 46.6. The lowest BCUT2D eigenvalue weighted by Gasteiger charge is -2.47. The molecule has 20 heteroatoms. The van der Waals surface area contributed by atoms with Crippen LogP contribution in [0.3, 0.4) is 0 Å². The number of amides is 5. The van der Waals surface area contributed by atoms with Crippen molar-refractivity contribution in [2.75, 3.05) is 49.5 Å². The smallest absolute Gasteiger partial charge is 0.262 e. The predicted octanol–water partition coefficient (Wildman–Crippen LogP) is 3.48. The average molecular weight is 944 g/mol. The number of aromatic nitrogens is 3. The largest absolute Gasteiger partial charge is 0.388 e. The van der Waals surface area contributed by atoms with Gasteiger partial charge in [0.05, 0.1) is 33.7 Å². The predicted molar refractivity (Wildman–Crippen MR) is 243 cm³/mol. The lowest BCUT2D eigenvalue weighted by atomic mass is 9.65. The van der Waals surface area contributed by atoms with E-state index in [0.29, 0.717) is 94.8 Å². The Kier molecular flexibility index (Phi) is 11.7. The molecule has 67 heavy (non-hydrogen) atoms. The molecule has 5 amide bonds. The average Bonchev–Trinajstić information content (AvgIpc) is 3.78. The second-order valence-corrected chi connectivity index (χ2v) is 22.4. The van der Waals surface area contributed by atoms with Crippen molar-refractivity contribution in [2.24, 2.45) is 11.3 Å². The summed E-state index contributed by atoms with van der Waals surface area (Å²) in [5, 5.41) is 16.7. The highest BCUT2D eigenvalue weighted by atomic mass is 32.2. The van der Waals surface area contributed by atoms with Crippen LogP contribution in [-0.2, 0) is 24.4 Å². The lowest BCUT2D eigenvalue weighted by Crippen LogP contribution is -2.54. The number of nitrogens with one attached hydrogen (secondary N) is 2. The van der Waals surface area contributed by atoms with Gasteiger partial charge < -0.3 is 20.2 Å². The van der Waals surface area contributed by atoms with Crippen molar-refractivity contribution in [3.63, 3.8) is 0 Å². The molecule has 2 saturated carbocycles. The summed E-state index contributed by atoms with van der Waals surface area (Å²) in [5.74, 6) is -2.93. The van der Waals surface area contributed by atoms with Crippen LogP contribution in [0.15, 0.2) is 35.3 Å². The quantitative estimate of drug-likeness (QED) is 0.276. The maximum absolute atomic E-state index is 15.6. The molecule has 1 aromatic carbocycles. The zero-order valence-corrected chi connectivity index (χ0v) is 38.6. The van der Waals surface area contributed by atoms with Crippen LogP contribution < -0.4 is 21.1 Å². The molecule has 358 valence electrons. The number of halogens is 1. The number of anilines is 2. The van der Waals surface area contributed by atoms with Gasteiger partial charge in [0.2, 0.25) is 33.7 Å². The molecule has 4 saturated heterocycles. The highest BCUT2D eigenvalue weighted by Gasteiger charge is 2.47. The van der Waals surface area contributed by atoms with E-state index in [2.05, 4.69) is 15.6 Å². The van der Waals surface area contributed by atoms with E-state index in [1.807, 2.05) is 9.80 Å². The molecule has 18 nitrogen and oxygen atoms in total. The van der Waals surface area contributed by atoms with Crippen molar-refractivity contribution < 1.29 is 41.9 Å². The van der Waals surface area contributed by atoms with E-state index in [1.165, 1.54) is 12.1 Å². The Morgan fingerprint density at radius 3 is 2.19 bits per heavy atom. The molecule has 2 aliphatic carbocycles. The summed E-state index contributed by atoms with van der Waals surface area (Å²) in [5.41, 5.74) is -0.599. The van der Waals surface area contributed by atoms with Crippen LogP contribution in [0.5, 0.6) is 0 Å². The van der Waals surface area contributed by atoms with Crippen LogP contribution in [0, 0.1) is 17.2 Å². The number of pyridine rings is 1. The molecule has 6 fully saturated rings. The molecule has 0 radical (unpaired) electrons. The molecule has 10 rings (SSSR count). The number of aliphatic hydroxyl groups is 1. The van der Waals surface area contributed by atoms with E-state index < -0.39 is 62.4 Å². The first-order valence-electron chi connectivity index (χ1n) is 24.0. The number of benzene rings is 1. The Morgan fingerprint density at radius 2 is 1.54 bits per heavy atom. The van der Waals surface area contributed by atoms with E-state index in [-0.39, 0.29) is 58.5 Å². The van der Waals surface area contributed by atoms with Crippen molar-refractivity contribution in [1.29, 1.82) is 0 Å². The lowest BCUT2D eigenvalue weighted by molar-refractivity contribution is -0.138. The third kappa shape index (κ3) is 8.29. The molecule has 0 bridgehead atoms. The number of rotatable bonds is 8. The van der Waals surface area contributed by atoms with Gasteiger partial charge >= 0.3 is 0 Å². The first-order chi connectivity index (χ1) is 32.0. The first kappa shape index (κ1) is 45.4. The Balaban J connectivity index is 0.685. The third-order valence-corrected chi connectivity index (χ3v) is 18.6. The monoisotopic (exact) mass is 943 g/mol. The molecule has 7 heterocycles. The number of carbonyl (C=O) groups is 5. The highest BCUT2D eigenvalue weighted by molar-refractivity contribution is 7.89. The van der Waals surface area contributed by atoms with Crippen molar-refractivity contribution in [1.82, 2.24) is 34.0 Å². The fourth-order valence-electron chi connectivity index (χ4n) is 12.1. The third-order valence-electron chi connectivity index (χ3n) is 16.2. The van der Waals surface area contributed by atoms with Gasteiger partial charge in [-0.3, -0.25) is 43.6 Å². The Hall–Kier alpha value is -5.34. The van der Waals surface area contributed by atoms with Gasteiger partial charge in [-0.1, -0.05) is 0 Å². The molecular formula is C47H58FN9O9S. The molecule has 1 spiro atoms. The molecular weight excluding hydrogens is 886 g/mol. The summed E-state index contributed by atoms with van der Waals surface area (Å²) in [7, 11) is -3.59. The van der Waals surface area contributed by atoms with Crippen molar-refractivity contribution in [3.8, 4) is 0 Å². The number of hydrogen-bond donors (Lipinski definition) is 3. The summed E-state index contributed by atoms with van der Waals surface area (Å²) in [4.78, 5) is 91.4. The zero-order chi connectivity index (χ0) is 47.0. The molecule has 5 aliphatic heterocycles. The number of piperidine rings is 4. The maximum Gasteiger partial charge on any atom is 0.262 e. The van der Waals surface area contributed by atoms with Crippen molar-refractivity contribution >= 4 is 62.2 Å². The van der Waals surface area contributed by atoms with E-state index in [4.69, 9.17) is 4.98 Å². The van der Waals surface area contributed by atoms with E-state index in [0.717, 1.165) is 55.9 Å². The van der Waals surface area contributed by atoms with Gasteiger partial charge in [0, 0.05) is 75.3 Å². The van der Waals surface area contributed by atoms with Gasteiger partial charge in [0.15, 0.2) is 0 Å². The Bertz CT molecular complexity index is 2700. The number of likely N-dealkylation sites (tertiary alicyclic amines) is 1. The summed E-state index contributed by atoms with van der Waals surface area (Å²) >= 11 is 0. The standard InChI is InChI=1S/C47H58FN9O9S/c1-46(64)14-2-3-37(46)57-39(59)7-4-29-27-49-45(52-40(29)57)50-30-10-21-55(22-11-30)67(65,66)31-12-19-54(20-13-31)42(61)28-8-15-47(16-9-28)17-23-53(24-18-47)36-26-33-32(25-34(36)48)43(62)56(44(33)63)35-5-6-38(58)51-41(35)60/h4,7,25-28,30-31,35,37,64H,2-3,5-6,8-24H2,1H3,(H,49,50,52)(H,51,58,60)/t35?,37-,46-/m1/s1. The van der Waals surface area contributed by atoms with Gasteiger partial charge in [-0.25, -0.2) is 22.1 Å². The van der Waals surface area contributed by atoms with Crippen LogP contribution in [-0.4, -0.2) is 134 Å². The fraction of sp³-hybridized carbons (Fsp3) is 0.617. The fourth-order valence-corrected chi connectivity index (χ4v) is 14.1. The second-order valence-electron chi connectivity index (χ2n) is 20.2. The Morgan fingerprint density at radius 1 is 0.851 bits per heavy atom. The maximum atomic E-state index is 15.6. The van der Waals surface area contributed by atoms with Crippen molar-refractivity contribution in [2.45, 2.75) is 132 Å². The normalized spacial score (nSPS) is 27.0. The van der Waals surface area contributed by atoms with Gasteiger partial charge in [-0.05, 0) is 120 Å². The van der Waals surface area contributed by atoms with Crippen molar-refractivity contribution in [3.05, 3.63) is 57.8 Å². The summed E-state index contributed by atoms with van der Waals surface area (Å²) in [6, 6.07) is 4.07. The second kappa shape index (κ2) is 17.3. The minimum absolute atomic E-state index is 0.00378. The van der Waals surface area contributed by atoms with Crippen LogP contribution in [0.1, 0.15) is 130 Å². The molecule has 3 N–H and O–H groups in total. The Labute approximate surface area is 387 Å². The number of hydrogen-bond acceptors (Lipinski definition) is 13. The van der Waals surface area contributed by atoms with Crippen LogP contribution in [0.4, 0.5) is 16.0 Å². The first-order valence-corrected chi connectivity index (χ1v) is 25.5.